The lowest BCUT2D eigenvalue weighted by molar-refractivity contribution is -0.385. The lowest BCUT2D eigenvalue weighted by atomic mass is 10.0. The molecule has 0 spiro atoms. The molecule has 0 unspecified atom stereocenters. The Kier molecular flexibility index (Phi) is 5.14. The molecule has 29 heavy (non-hydrogen) atoms. The predicted molar refractivity (Wildman–Crippen MR) is 99.4 cm³/mol. The molecule has 2 aromatic rings. The Balaban J connectivity index is 2.00. The summed E-state index contributed by atoms with van der Waals surface area (Å²) in [6.45, 7) is 0. The van der Waals surface area contributed by atoms with Gasteiger partial charge in [-0.3, -0.25) is 25.0 Å². The quantitative estimate of drug-likeness (QED) is 0.243. The number of benzene rings is 2. The lowest BCUT2D eigenvalue weighted by Gasteiger charge is -2.24. The molecule has 1 aliphatic heterocycles. The Bertz CT molecular complexity index is 1050. The fourth-order valence-corrected chi connectivity index (χ4v) is 2.67. The first-order valence-corrected chi connectivity index (χ1v) is 7.93. The van der Waals surface area contributed by atoms with Gasteiger partial charge in [0.25, 0.3) is 17.3 Å². The molecule has 4 N–H and O–H groups in total. The summed E-state index contributed by atoms with van der Waals surface area (Å²) in [6, 6.07) is 8.52. The minimum Gasteiger partial charge on any atom is -0.382 e. The van der Waals surface area contributed by atoms with Crippen LogP contribution in [0.25, 0.3) is 0 Å². The second-order valence-electron chi connectivity index (χ2n) is 5.81. The van der Waals surface area contributed by atoms with Gasteiger partial charge in [-0.15, -0.1) is 4.91 Å². The van der Waals surface area contributed by atoms with Crippen molar-refractivity contribution in [3.8, 4) is 0 Å². The van der Waals surface area contributed by atoms with E-state index in [0.717, 1.165) is 18.2 Å². The zero-order valence-electron chi connectivity index (χ0n) is 14.4. The van der Waals surface area contributed by atoms with Crippen molar-refractivity contribution in [1.29, 1.82) is 0 Å². The van der Waals surface area contributed by atoms with Crippen LogP contribution in [-0.2, 0) is 4.79 Å². The second-order valence-corrected chi connectivity index (χ2v) is 5.81. The third kappa shape index (κ3) is 3.84. The van der Waals surface area contributed by atoms with Crippen LogP contribution >= 0.6 is 0 Å². The molecular weight excluding hydrogens is 388 g/mol. The van der Waals surface area contributed by atoms with Crippen LogP contribution in [0.4, 0.5) is 22.7 Å². The van der Waals surface area contributed by atoms with Crippen LogP contribution in [-0.4, -0.2) is 20.9 Å². The van der Waals surface area contributed by atoms with Crippen molar-refractivity contribution in [2.45, 2.75) is 6.10 Å². The maximum atomic E-state index is 12.4. The number of nitrogens with one attached hydrogen (secondary N) is 3. The van der Waals surface area contributed by atoms with Crippen LogP contribution in [0, 0.1) is 25.1 Å². The van der Waals surface area contributed by atoms with Gasteiger partial charge in [-0.05, 0) is 23.8 Å². The number of anilines is 2. The van der Waals surface area contributed by atoms with Crippen LogP contribution in [0.15, 0.2) is 59.1 Å². The number of nitro benzene ring substituents is 2. The van der Waals surface area contributed by atoms with Gasteiger partial charge in [0.15, 0.2) is 0 Å². The number of hydrogen-bond acceptors (Lipinski definition) is 9. The number of rotatable bonds is 6. The average Bonchev–Trinajstić information content (AvgIpc) is 2.70. The van der Waals surface area contributed by atoms with E-state index >= 15 is 0 Å². The van der Waals surface area contributed by atoms with E-state index in [4.69, 9.17) is 0 Å². The first kappa shape index (κ1) is 19.4. The molecule has 1 heterocycles. The number of carbonyl (C=O) groups excluding carboxylic acids is 1. The third-order valence-corrected chi connectivity index (χ3v) is 4.08. The van der Waals surface area contributed by atoms with Gasteiger partial charge in [0.05, 0.1) is 32.2 Å². The van der Waals surface area contributed by atoms with E-state index in [1.165, 1.54) is 24.3 Å². The molecule has 148 valence electrons. The van der Waals surface area contributed by atoms with Gasteiger partial charge < -0.3 is 15.7 Å². The molecule has 0 aromatic heterocycles. The van der Waals surface area contributed by atoms with Crippen LogP contribution < -0.4 is 16.1 Å². The Morgan fingerprint density at radius 2 is 1.62 bits per heavy atom. The minimum absolute atomic E-state index is 0.135. The molecule has 0 bridgehead atoms. The Morgan fingerprint density at radius 3 is 2.21 bits per heavy atom. The average molecular weight is 400 g/mol. The number of aliphatic hydroxyl groups is 1. The highest BCUT2D eigenvalue weighted by atomic mass is 16.6. The number of non-ortho nitro benzene ring substituents is 2. The fourth-order valence-electron chi connectivity index (χ4n) is 2.67. The fraction of sp³-hybridized carbons (Fsp3) is 0.0625. The van der Waals surface area contributed by atoms with Gasteiger partial charge in [-0.1, -0.05) is 0 Å². The SMILES string of the molecule is O=NNC(=C1Nc2ccc([N+](=O)[O-])cc2NC1=O)[C@@H](O)c1ccc([N+](=O)[O-])cc1. The lowest BCUT2D eigenvalue weighted by Crippen LogP contribution is -2.31. The molecule has 2 aromatic carbocycles. The number of fused-ring (bicyclic) bond motifs is 1. The molecule has 0 fully saturated rings. The number of nitroso groups, excluding NO2 is 1. The summed E-state index contributed by atoms with van der Waals surface area (Å²) in [6.07, 6.45) is -1.55. The highest BCUT2D eigenvalue weighted by Crippen LogP contribution is 2.34. The van der Waals surface area contributed by atoms with E-state index in [-0.39, 0.29) is 39.7 Å². The standard InChI is InChI=1S/C16H12N6O7/c23-15(8-1-3-9(4-2-8)21(26)27)13(19-20-25)14-16(24)18-12-7-10(22(28)29)5-6-11(12)17-14/h1-7,15,17,23H,(H,18,24)(H,19,25)/t15-/m0/s1. The number of hydrogen-bond donors (Lipinski definition) is 4. The van der Waals surface area contributed by atoms with Gasteiger partial charge in [0.2, 0.25) is 0 Å². The highest BCUT2D eigenvalue weighted by Gasteiger charge is 2.29. The van der Waals surface area contributed by atoms with Crippen molar-refractivity contribution >= 4 is 28.7 Å². The van der Waals surface area contributed by atoms with E-state index in [1.807, 2.05) is 5.43 Å². The van der Waals surface area contributed by atoms with Crippen molar-refractivity contribution in [3.05, 3.63) is 84.6 Å². The van der Waals surface area contributed by atoms with Crippen LogP contribution in [0.3, 0.4) is 0 Å². The van der Waals surface area contributed by atoms with Crippen LogP contribution in [0.2, 0.25) is 0 Å². The van der Waals surface area contributed by atoms with Gasteiger partial charge in [-0.2, -0.15) is 0 Å². The molecule has 0 radical (unpaired) electrons. The third-order valence-electron chi connectivity index (χ3n) is 4.08. The monoisotopic (exact) mass is 400 g/mol. The first-order valence-electron chi connectivity index (χ1n) is 7.93. The summed E-state index contributed by atoms with van der Waals surface area (Å²) in [4.78, 5) is 43.6. The summed E-state index contributed by atoms with van der Waals surface area (Å²) in [5, 5.41) is 39.8. The van der Waals surface area contributed by atoms with E-state index in [1.54, 1.807) is 0 Å². The van der Waals surface area contributed by atoms with Gasteiger partial charge in [0.1, 0.15) is 11.8 Å². The Hall–Kier alpha value is -4.39. The number of aliphatic hydroxyl groups excluding tert-OH is 1. The largest absolute Gasteiger partial charge is 0.382 e. The number of nitrogens with zero attached hydrogens (tertiary/aromatic N) is 3. The molecule has 0 saturated heterocycles. The Morgan fingerprint density at radius 1 is 1.00 bits per heavy atom. The maximum absolute atomic E-state index is 12.4. The first-order chi connectivity index (χ1) is 13.8. The van der Waals surface area contributed by atoms with Crippen molar-refractivity contribution in [1.82, 2.24) is 5.43 Å². The van der Waals surface area contributed by atoms with E-state index in [0.29, 0.717) is 0 Å². The van der Waals surface area contributed by atoms with Crippen LogP contribution in [0.5, 0.6) is 0 Å². The van der Waals surface area contributed by atoms with Crippen molar-refractivity contribution in [2.24, 2.45) is 5.29 Å². The molecule has 0 saturated carbocycles. The summed E-state index contributed by atoms with van der Waals surface area (Å²) >= 11 is 0. The van der Waals surface area contributed by atoms with Crippen molar-refractivity contribution in [3.63, 3.8) is 0 Å². The highest BCUT2D eigenvalue weighted by molar-refractivity contribution is 6.11. The van der Waals surface area contributed by atoms with Crippen molar-refractivity contribution < 1.29 is 19.7 Å². The topological polar surface area (TPSA) is 189 Å². The molecular formula is C16H12N6O7. The summed E-state index contributed by atoms with van der Waals surface area (Å²) in [7, 11) is 0. The molecule has 1 atom stereocenters. The zero-order valence-corrected chi connectivity index (χ0v) is 14.4. The smallest absolute Gasteiger partial charge is 0.274 e. The van der Waals surface area contributed by atoms with E-state index < -0.39 is 21.9 Å². The summed E-state index contributed by atoms with van der Waals surface area (Å²) in [5.74, 6) is -0.787. The molecule has 1 amide bonds. The van der Waals surface area contributed by atoms with Gasteiger partial charge in [-0.25, -0.2) is 5.43 Å². The molecule has 0 aliphatic carbocycles. The molecule has 13 nitrogen and oxygen atoms in total. The predicted octanol–water partition coefficient (Wildman–Crippen LogP) is 2.08. The normalized spacial score (nSPS) is 15.3. The Labute approximate surface area is 161 Å². The second kappa shape index (κ2) is 7.69. The van der Waals surface area contributed by atoms with E-state index in [9.17, 15) is 35.0 Å². The number of carbonyl (C=O) groups is 1. The maximum Gasteiger partial charge on any atom is 0.274 e. The van der Waals surface area contributed by atoms with Gasteiger partial charge >= 0.3 is 0 Å². The molecule has 1 aliphatic rings. The summed E-state index contributed by atoms with van der Waals surface area (Å²) in [5.41, 5.74) is 1.57. The van der Waals surface area contributed by atoms with E-state index in [2.05, 4.69) is 15.9 Å². The zero-order chi connectivity index (χ0) is 21.1. The molecule has 13 heteroatoms. The summed E-state index contributed by atoms with van der Waals surface area (Å²) < 4.78 is 0. The minimum atomic E-state index is -1.55. The molecule has 3 rings (SSSR count). The van der Waals surface area contributed by atoms with Gasteiger partial charge in [0, 0.05) is 24.3 Å². The number of amides is 1. The van der Waals surface area contributed by atoms with Crippen molar-refractivity contribution in [2.75, 3.05) is 10.6 Å². The van der Waals surface area contributed by atoms with Crippen LogP contribution in [0.1, 0.15) is 11.7 Å². The number of nitro groups is 2.